The van der Waals surface area contributed by atoms with Gasteiger partial charge in [-0.15, -0.1) is 11.3 Å². The Morgan fingerprint density at radius 2 is 1.66 bits per heavy atom. The third-order valence-electron chi connectivity index (χ3n) is 6.07. The summed E-state index contributed by atoms with van der Waals surface area (Å²) in [5.41, 5.74) is 6.22. The number of piperazine rings is 1. The van der Waals surface area contributed by atoms with Gasteiger partial charge in [0.1, 0.15) is 0 Å². The number of benzene rings is 3. The van der Waals surface area contributed by atoms with E-state index < -0.39 is 10.0 Å². The average Bonchev–Trinajstić information content (AvgIpc) is 3.31. The first kappa shape index (κ1) is 23.6. The Balaban J connectivity index is 1.30. The topological polar surface area (TPSA) is 116 Å². The first-order valence-electron chi connectivity index (χ1n) is 10.8. The van der Waals surface area contributed by atoms with Gasteiger partial charge < -0.3 is 15.8 Å². The zero-order valence-electron chi connectivity index (χ0n) is 18.4. The van der Waals surface area contributed by atoms with Crippen LogP contribution < -0.4 is 5.73 Å². The van der Waals surface area contributed by atoms with Crippen molar-refractivity contribution in [2.45, 2.75) is 4.90 Å². The van der Waals surface area contributed by atoms with E-state index in [1.165, 1.54) is 15.6 Å². The van der Waals surface area contributed by atoms with Crippen LogP contribution in [0.3, 0.4) is 0 Å². The van der Waals surface area contributed by atoms with Crippen molar-refractivity contribution in [1.29, 1.82) is 0 Å². The number of nitrogens with two attached hydrogens (primary N) is 1. The molecule has 0 unspecified atom stereocenters. The minimum Gasteiger partial charge on any atom is -0.409 e. The highest BCUT2D eigenvalue weighted by Gasteiger charge is 2.31. The van der Waals surface area contributed by atoms with E-state index in [1.807, 2.05) is 6.07 Å². The van der Waals surface area contributed by atoms with Gasteiger partial charge in [-0.2, -0.15) is 4.31 Å². The van der Waals surface area contributed by atoms with E-state index in [-0.39, 0.29) is 29.7 Å². The monoisotopic (exact) mass is 528 g/mol. The third-order valence-corrected chi connectivity index (χ3v) is 9.30. The van der Waals surface area contributed by atoms with Gasteiger partial charge in [0.25, 0.3) is 5.91 Å². The van der Waals surface area contributed by atoms with E-state index in [4.69, 9.17) is 22.5 Å². The number of rotatable bonds is 4. The molecule has 0 bridgehead atoms. The van der Waals surface area contributed by atoms with Crippen molar-refractivity contribution >= 4 is 65.6 Å². The molecule has 8 nitrogen and oxygen atoms in total. The molecule has 3 aromatic carbocycles. The number of fused-ring (bicyclic) bond motifs is 2. The van der Waals surface area contributed by atoms with Gasteiger partial charge in [-0.25, -0.2) is 8.42 Å². The van der Waals surface area contributed by atoms with Crippen molar-refractivity contribution in [3.05, 3.63) is 76.1 Å². The zero-order valence-corrected chi connectivity index (χ0v) is 20.8. The fourth-order valence-corrected chi connectivity index (χ4v) is 6.81. The lowest BCUT2D eigenvalue weighted by atomic mass is 10.1. The summed E-state index contributed by atoms with van der Waals surface area (Å²) in [4.78, 5) is 15.6. The Morgan fingerprint density at radius 1 is 0.943 bits per heavy atom. The van der Waals surface area contributed by atoms with Gasteiger partial charge in [0.2, 0.25) is 10.0 Å². The lowest BCUT2D eigenvalue weighted by Crippen LogP contribution is -2.50. The van der Waals surface area contributed by atoms with Crippen LogP contribution in [0.4, 0.5) is 0 Å². The van der Waals surface area contributed by atoms with Crippen molar-refractivity contribution < 1.29 is 18.4 Å². The summed E-state index contributed by atoms with van der Waals surface area (Å²) < 4.78 is 28.8. The first-order valence-corrected chi connectivity index (χ1v) is 13.4. The van der Waals surface area contributed by atoms with Crippen LogP contribution in [0.25, 0.3) is 20.9 Å². The fourth-order valence-electron chi connectivity index (χ4n) is 4.16. The predicted molar refractivity (Wildman–Crippen MR) is 138 cm³/mol. The number of carbonyl (C=O) groups excluding carboxylic acids is 1. The molecule has 1 saturated heterocycles. The molecule has 0 radical (unpaired) electrons. The molecule has 0 spiro atoms. The number of halogens is 1. The number of hydrogen-bond donors (Lipinski definition) is 2. The summed E-state index contributed by atoms with van der Waals surface area (Å²) >= 11 is 7.38. The quantitative estimate of drug-likeness (QED) is 0.180. The van der Waals surface area contributed by atoms with E-state index in [0.29, 0.717) is 28.6 Å². The summed E-state index contributed by atoms with van der Waals surface area (Å²) in [5, 5.41) is 15.0. The minimum absolute atomic E-state index is 0.00137. The third kappa shape index (κ3) is 4.45. The normalized spacial score (nSPS) is 15.7. The van der Waals surface area contributed by atoms with Crippen LogP contribution in [-0.4, -0.2) is 60.8 Å². The van der Waals surface area contributed by atoms with Crippen LogP contribution in [-0.2, 0) is 10.0 Å². The van der Waals surface area contributed by atoms with Gasteiger partial charge in [-0.05, 0) is 64.7 Å². The molecular formula is C24H21ClN4O4S2. The standard InChI is InChI=1S/C24H21ClN4O4S2/c25-19-4-1-16-13-20(5-2-15(16)12-19)35(32,33)29-9-7-28(8-10-29)24(30)22-14-18-11-17(23(26)27-31)3-6-21(18)34-22/h1-6,11-14,31H,7-10H2,(H2,26,27). The highest BCUT2D eigenvalue weighted by molar-refractivity contribution is 7.89. The predicted octanol–water partition coefficient (Wildman–Crippen LogP) is 3.95. The molecule has 1 aromatic heterocycles. The van der Waals surface area contributed by atoms with Crippen molar-refractivity contribution in [1.82, 2.24) is 9.21 Å². The van der Waals surface area contributed by atoms with Crippen LogP contribution >= 0.6 is 22.9 Å². The zero-order chi connectivity index (χ0) is 24.7. The second-order valence-corrected chi connectivity index (χ2v) is 11.7. The number of amidine groups is 1. The van der Waals surface area contributed by atoms with Gasteiger partial charge in [0.05, 0.1) is 9.77 Å². The molecule has 35 heavy (non-hydrogen) atoms. The molecule has 0 atom stereocenters. The average molecular weight is 529 g/mol. The second-order valence-electron chi connectivity index (χ2n) is 8.20. The maximum absolute atomic E-state index is 13.2. The molecule has 1 aliphatic heterocycles. The number of sulfonamides is 1. The summed E-state index contributed by atoms with van der Waals surface area (Å²) in [7, 11) is -3.69. The number of thiophene rings is 1. The van der Waals surface area contributed by atoms with E-state index in [9.17, 15) is 13.2 Å². The van der Waals surface area contributed by atoms with Crippen molar-refractivity contribution in [3.63, 3.8) is 0 Å². The van der Waals surface area contributed by atoms with E-state index in [1.54, 1.807) is 59.5 Å². The van der Waals surface area contributed by atoms with Crippen LogP contribution in [0.5, 0.6) is 0 Å². The van der Waals surface area contributed by atoms with Gasteiger partial charge in [0.15, 0.2) is 5.84 Å². The molecule has 180 valence electrons. The van der Waals surface area contributed by atoms with Crippen LogP contribution in [0.15, 0.2) is 70.7 Å². The van der Waals surface area contributed by atoms with E-state index in [0.717, 1.165) is 20.9 Å². The van der Waals surface area contributed by atoms with E-state index >= 15 is 0 Å². The van der Waals surface area contributed by atoms with Crippen LogP contribution in [0.1, 0.15) is 15.2 Å². The lowest BCUT2D eigenvalue weighted by molar-refractivity contribution is 0.0703. The van der Waals surface area contributed by atoms with Crippen molar-refractivity contribution in [3.8, 4) is 0 Å². The van der Waals surface area contributed by atoms with Crippen molar-refractivity contribution in [2.75, 3.05) is 26.2 Å². The molecule has 3 N–H and O–H groups in total. The molecule has 1 aliphatic rings. The Hall–Kier alpha value is -3.18. The van der Waals surface area contributed by atoms with E-state index in [2.05, 4.69) is 5.16 Å². The Kier molecular flexibility index (Phi) is 6.14. The summed E-state index contributed by atoms with van der Waals surface area (Å²) in [6, 6.07) is 17.4. The smallest absolute Gasteiger partial charge is 0.264 e. The fraction of sp³-hybridized carbons (Fsp3) is 0.167. The van der Waals surface area contributed by atoms with Gasteiger partial charge in [-0.1, -0.05) is 28.9 Å². The summed E-state index contributed by atoms with van der Waals surface area (Å²) in [5.74, 6) is -0.144. The molecule has 0 saturated carbocycles. The summed E-state index contributed by atoms with van der Waals surface area (Å²) in [6.45, 7) is 1.02. The van der Waals surface area contributed by atoms with Crippen molar-refractivity contribution in [2.24, 2.45) is 10.9 Å². The maximum Gasteiger partial charge on any atom is 0.264 e. The molecule has 4 aromatic rings. The maximum atomic E-state index is 13.2. The molecule has 5 rings (SSSR count). The Labute approximate surface area is 210 Å². The number of carbonyl (C=O) groups is 1. The highest BCUT2D eigenvalue weighted by Crippen LogP contribution is 2.29. The van der Waals surface area contributed by atoms with Gasteiger partial charge in [0, 0.05) is 41.5 Å². The number of oxime groups is 1. The lowest BCUT2D eigenvalue weighted by Gasteiger charge is -2.33. The number of nitrogens with zero attached hydrogens (tertiary/aromatic N) is 3. The SMILES string of the molecule is NC(=NO)c1ccc2sc(C(=O)N3CCN(S(=O)(=O)c4ccc5cc(Cl)ccc5c4)CC3)cc2c1. The molecule has 1 amide bonds. The highest BCUT2D eigenvalue weighted by atomic mass is 35.5. The molecular weight excluding hydrogens is 508 g/mol. The first-order chi connectivity index (χ1) is 16.8. The molecule has 2 heterocycles. The largest absolute Gasteiger partial charge is 0.409 e. The van der Waals surface area contributed by atoms with Gasteiger partial charge >= 0.3 is 0 Å². The minimum atomic E-state index is -3.69. The Morgan fingerprint density at radius 3 is 2.40 bits per heavy atom. The molecule has 11 heteroatoms. The molecule has 1 fully saturated rings. The van der Waals surface area contributed by atoms with Crippen LogP contribution in [0, 0.1) is 0 Å². The van der Waals surface area contributed by atoms with Gasteiger partial charge in [-0.3, -0.25) is 4.79 Å². The summed E-state index contributed by atoms with van der Waals surface area (Å²) in [6.07, 6.45) is 0. The number of amides is 1. The second kappa shape index (κ2) is 9.12. The van der Waals surface area contributed by atoms with Crippen LogP contribution in [0.2, 0.25) is 5.02 Å². The number of hydrogen-bond acceptors (Lipinski definition) is 6. The Bertz CT molecular complexity index is 1590. The molecule has 0 aliphatic carbocycles.